The molecule has 2 amide bonds. The predicted molar refractivity (Wildman–Crippen MR) is 103 cm³/mol. The van der Waals surface area contributed by atoms with E-state index in [1.54, 1.807) is 0 Å². The van der Waals surface area contributed by atoms with Crippen molar-refractivity contribution in [1.29, 1.82) is 0 Å². The SMILES string of the molecule is Cc1cc(CCNC(=O)N2Cc3ccccc3C(c3ccccc3)C2)on1. The van der Waals surface area contributed by atoms with Crippen molar-refractivity contribution in [2.24, 2.45) is 0 Å². The quantitative estimate of drug-likeness (QED) is 0.767. The van der Waals surface area contributed by atoms with Crippen LogP contribution in [0, 0.1) is 6.92 Å². The number of aromatic nitrogens is 1. The maximum absolute atomic E-state index is 12.7. The molecule has 0 saturated heterocycles. The van der Waals surface area contributed by atoms with Gasteiger partial charge < -0.3 is 14.7 Å². The Morgan fingerprint density at radius 1 is 1.19 bits per heavy atom. The number of amides is 2. The van der Waals surface area contributed by atoms with Crippen molar-refractivity contribution in [3.63, 3.8) is 0 Å². The van der Waals surface area contributed by atoms with Crippen molar-refractivity contribution in [2.45, 2.75) is 25.8 Å². The summed E-state index contributed by atoms with van der Waals surface area (Å²) in [5.74, 6) is 0.984. The van der Waals surface area contributed by atoms with Crippen LogP contribution in [0.5, 0.6) is 0 Å². The van der Waals surface area contributed by atoms with Gasteiger partial charge in [-0.05, 0) is 23.6 Å². The lowest BCUT2D eigenvalue weighted by Crippen LogP contribution is -2.44. The second-order valence-corrected chi connectivity index (χ2v) is 6.96. The Morgan fingerprint density at radius 2 is 1.96 bits per heavy atom. The summed E-state index contributed by atoms with van der Waals surface area (Å²) in [6.07, 6.45) is 0.638. The van der Waals surface area contributed by atoms with Crippen LogP contribution in [-0.4, -0.2) is 29.2 Å². The molecule has 1 aliphatic heterocycles. The first kappa shape index (κ1) is 17.3. The third kappa shape index (κ3) is 3.87. The zero-order chi connectivity index (χ0) is 18.6. The van der Waals surface area contributed by atoms with Crippen molar-refractivity contribution in [3.8, 4) is 0 Å². The molecule has 0 bridgehead atoms. The van der Waals surface area contributed by atoms with Gasteiger partial charge in [-0.25, -0.2) is 4.79 Å². The van der Waals surface area contributed by atoms with Crippen molar-refractivity contribution in [3.05, 3.63) is 88.8 Å². The van der Waals surface area contributed by atoms with Crippen LogP contribution >= 0.6 is 0 Å². The lowest BCUT2D eigenvalue weighted by molar-refractivity contribution is 0.189. The number of carbonyl (C=O) groups is 1. The van der Waals surface area contributed by atoms with Gasteiger partial charge in [0.15, 0.2) is 0 Å². The first-order valence-electron chi connectivity index (χ1n) is 9.28. The van der Waals surface area contributed by atoms with Gasteiger partial charge in [-0.3, -0.25) is 0 Å². The largest absolute Gasteiger partial charge is 0.361 e. The Morgan fingerprint density at radius 3 is 2.74 bits per heavy atom. The highest BCUT2D eigenvalue weighted by Crippen LogP contribution is 2.33. The topological polar surface area (TPSA) is 58.4 Å². The average Bonchev–Trinajstić information content (AvgIpc) is 3.12. The Balaban J connectivity index is 1.46. The van der Waals surface area contributed by atoms with Gasteiger partial charge in [-0.1, -0.05) is 59.8 Å². The minimum Gasteiger partial charge on any atom is -0.361 e. The molecule has 0 aliphatic carbocycles. The zero-order valence-electron chi connectivity index (χ0n) is 15.4. The fourth-order valence-corrected chi connectivity index (χ4v) is 3.67. The van der Waals surface area contributed by atoms with E-state index in [1.165, 1.54) is 16.7 Å². The molecule has 1 unspecified atom stereocenters. The summed E-state index contributed by atoms with van der Waals surface area (Å²) >= 11 is 0. The fraction of sp³-hybridized carbons (Fsp3) is 0.273. The van der Waals surface area contributed by atoms with Gasteiger partial charge in [-0.2, -0.15) is 0 Å². The van der Waals surface area contributed by atoms with E-state index in [0.29, 0.717) is 26.1 Å². The summed E-state index contributed by atoms with van der Waals surface area (Å²) in [6, 6.07) is 20.6. The molecule has 3 aromatic rings. The van der Waals surface area contributed by atoms with Crippen molar-refractivity contribution >= 4 is 6.03 Å². The number of hydrogen-bond acceptors (Lipinski definition) is 3. The number of hydrogen-bond donors (Lipinski definition) is 1. The highest BCUT2D eigenvalue weighted by molar-refractivity contribution is 5.75. The van der Waals surface area contributed by atoms with Crippen molar-refractivity contribution in [2.75, 3.05) is 13.1 Å². The van der Waals surface area contributed by atoms with Crippen molar-refractivity contribution < 1.29 is 9.32 Å². The molecule has 0 fully saturated rings. The van der Waals surface area contributed by atoms with Crippen molar-refractivity contribution in [1.82, 2.24) is 15.4 Å². The molecule has 5 nitrogen and oxygen atoms in total. The zero-order valence-corrected chi connectivity index (χ0v) is 15.4. The van der Waals surface area contributed by atoms with Crippen LogP contribution in [-0.2, 0) is 13.0 Å². The molecule has 138 valence electrons. The third-order valence-electron chi connectivity index (χ3n) is 5.01. The average molecular weight is 361 g/mol. The van der Waals surface area contributed by atoms with Gasteiger partial charge in [-0.15, -0.1) is 0 Å². The molecule has 2 aromatic carbocycles. The van der Waals surface area contributed by atoms with Gasteiger partial charge in [0.1, 0.15) is 5.76 Å². The van der Waals surface area contributed by atoms with Crippen LogP contribution in [0.15, 0.2) is 65.2 Å². The highest BCUT2D eigenvalue weighted by atomic mass is 16.5. The van der Waals surface area contributed by atoms with Gasteiger partial charge >= 0.3 is 6.03 Å². The van der Waals surface area contributed by atoms with Crippen LogP contribution in [0.2, 0.25) is 0 Å². The number of rotatable bonds is 4. The Hall–Kier alpha value is -3.08. The lowest BCUT2D eigenvalue weighted by atomic mass is 9.85. The maximum atomic E-state index is 12.7. The first-order valence-corrected chi connectivity index (χ1v) is 9.28. The highest BCUT2D eigenvalue weighted by Gasteiger charge is 2.28. The third-order valence-corrected chi connectivity index (χ3v) is 5.01. The lowest BCUT2D eigenvalue weighted by Gasteiger charge is -2.35. The van der Waals surface area contributed by atoms with E-state index in [4.69, 9.17) is 4.52 Å². The molecule has 1 aromatic heterocycles. The van der Waals surface area contributed by atoms with Gasteiger partial charge in [0.05, 0.1) is 5.69 Å². The number of benzene rings is 2. The summed E-state index contributed by atoms with van der Waals surface area (Å²) in [6.45, 7) is 3.73. The predicted octanol–water partition coefficient (Wildman–Crippen LogP) is 3.88. The fourth-order valence-electron chi connectivity index (χ4n) is 3.67. The van der Waals surface area contributed by atoms with Gasteiger partial charge in [0.25, 0.3) is 0 Å². The summed E-state index contributed by atoms with van der Waals surface area (Å²) in [5, 5.41) is 6.89. The van der Waals surface area contributed by atoms with E-state index in [9.17, 15) is 4.79 Å². The normalized spacial score (nSPS) is 16.0. The number of urea groups is 1. The molecular formula is C22H23N3O2. The molecule has 4 rings (SSSR count). The monoisotopic (exact) mass is 361 g/mol. The molecule has 0 radical (unpaired) electrons. The van der Waals surface area contributed by atoms with Crippen LogP contribution in [0.4, 0.5) is 4.79 Å². The van der Waals surface area contributed by atoms with E-state index >= 15 is 0 Å². The molecule has 27 heavy (non-hydrogen) atoms. The number of nitrogens with one attached hydrogen (secondary N) is 1. The molecule has 1 atom stereocenters. The summed E-state index contributed by atoms with van der Waals surface area (Å²) in [5.41, 5.74) is 4.61. The molecule has 5 heteroatoms. The number of fused-ring (bicyclic) bond motifs is 1. The second-order valence-electron chi connectivity index (χ2n) is 6.96. The number of aryl methyl sites for hydroxylation is 1. The standard InChI is InChI=1S/C22H23N3O2/c1-16-13-19(27-24-16)11-12-23-22(26)25-14-18-9-5-6-10-20(18)21(15-25)17-7-3-2-4-8-17/h2-10,13,21H,11-12,14-15H2,1H3,(H,23,26). The molecule has 0 saturated carbocycles. The van der Waals surface area contributed by atoms with Gasteiger partial charge in [0.2, 0.25) is 0 Å². The summed E-state index contributed by atoms with van der Waals surface area (Å²) in [4.78, 5) is 14.6. The van der Waals surface area contributed by atoms with E-state index in [1.807, 2.05) is 30.0 Å². The second kappa shape index (κ2) is 7.66. The molecule has 2 heterocycles. The Bertz CT molecular complexity index is 920. The minimum absolute atomic E-state index is 0.0401. The van der Waals surface area contributed by atoms with Crippen LogP contribution in [0.25, 0.3) is 0 Å². The van der Waals surface area contributed by atoms with E-state index in [0.717, 1.165) is 11.5 Å². The van der Waals surface area contributed by atoms with E-state index in [2.05, 4.69) is 52.9 Å². The van der Waals surface area contributed by atoms with Crippen LogP contribution < -0.4 is 5.32 Å². The van der Waals surface area contributed by atoms with Gasteiger partial charge in [0, 0.05) is 38.0 Å². The molecule has 1 N–H and O–H groups in total. The minimum atomic E-state index is -0.0401. The summed E-state index contributed by atoms with van der Waals surface area (Å²) < 4.78 is 5.20. The Labute approximate surface area is 159 Å². The first-order chi connectivity index (χ1) is 13.2. The smallest absolute Gasteiger partial charge is 0.317 e. The van der Waals surface area contributed by atoms with E-state index < -0.39 is 0 Å². The molecule has 0 spiro atoms. The molecule has 1 aliphatic rings. The van der Waals surface area contributed by atoms with Crippen LogP contribution in [0.3, 0.4) is 0 Å². The van der Waals surface area contributed by atoms with Crippen LogP contribution in [0.1, 0.15) is 34.1 Å². The summed E-state index contributed by atoms with van der Waals surface area (Å²) in [7, 11) is 0. The molecular weight excluding hydrogens is 338 g/mol. The number of carbonyl (C=O) groups excluding carboxylic acids is 1. The maximum Gasteiger partial charge on any atom is 0.317 e. The Kier molecular flexibility index (Phi) is 4.92. The number of nitrogens with zero attached hydrogens (tertiary/aromatic N) is 2. The van der Waals surface area contributed by atoms with E-state index in [-0.39, 0.29) is 11.9 Å².